The van der Waals surface area contributed by atoms with Crippen molar-refractivity contribution in [3.05, 3.63) is 58.7 Å². The quantitative estimate of drug-likeness (QED) is 0.883. The molecule has 2 aromatic carbocycles. The van der Waals surface area contributed by atoms with Crippen molar-refractivity contribution in [3.63, 3.8) is 0 Å². The molecule has 0 radical (unpaired) electrons. The Labute approximate surface area is 126 Å². The summed E-state index contributed by atoms with van der Waals surface area (Å²) in [6.07, 6.45) is 0. The SMILES string of the molecule is CC(=O)Nc1ccc(C)c(CNc2ccc(C)c(C)c2)c1. The van der Waals surface area contributed by atoms with Gasteiger partial charge in [-0.3, -0.25) is 4.79 Å². The van der Waals surface area contributed by atoms with Gasteiger partial charge in [0, 0.05) is 24.8 Å². The summed E-state index contributed by atoms with van der Waals surface area (Å²) in [4.78, 5) is 11.1. The molecule has 0 aliphatic rings. The van der Waals surface area contributed by atoms with Crippen LogP contribution in [-0.4, -0.2) is 5.91 Å². The highest BCUT2D eigenvalue weighted by Crippen LogP contribution is 2.19. The van der Waals surface area contributed by atoms with Gasteiger partial charge in [0.15, 0.2) is 0 Å². The molecule has 0 unspecified atom stereocenters. The Morgan fingerprint density at radius 1 is 0.905 bits per heavy atom. The Morgan fingerprint density at radius 2 is 1.57 bits per heavy atom. The first-order valence-corrected chi connectivity index (χ1v) is 7.14. The van der Waals surface area contributed by atoms with Crippen molar-refractivity contribution in [1.82, 2.24) is 0 Å². The average molecular weight is 282 g/mol. The van der Waals surface area contributed by atoms with E-state index in [1.165, 1.54) is 29.2 Å². The standard InChI is InChI=1S/C18H22N2O/c1-12-5-7-17(9-14(12)3)19-11-16-10-18(20-15(4)21)8-6-13(16)2/h5-10,19H,11H2,1-4H3,(H,20,21). The highest BCUT2D eigenvalue weighted by molar-refractivity contribution is 5.88. The summed E-state index contributed by atoms with van der Waals surface area (Å²) in [7, 11) is 0. The van der Waals surface area contributed by atoms with Crippen molar-refractivity contribution in [1.29, 1.82) is 0 Å². The first kappa shape index (κ1) is 15.1. The summed E-state index contributed by atoms with van der Waals surface area (Å²) < 4.78 is 0. The zero-order valence-corrected chi connectivity index (χ0v) is 13.1. The molecule has 2 aromatic rings. The van der Waals surface area contributed by atoms with E-state index in [0.29, 0.717) is 0 Å². The third-order valence-corrected chi connectivity index (χ3v) is 3.66. The van der Waals surface area contributed by atoms with Crippen molar-refractivity contribution in [2.45, 2.75) is 34.2 Å². The van der Waals surface area contributed by atoms with E-state index >= 15 is 0 Å². The minimum absolute atomic E-state index is 0.0491. The van der Waals surface area contributed by atoms with Crippen molar-refractivity contribution in [3.8, 4) is 0 Å². The second kappa shape index (κ2) is 6.44. The molecule has 0 spiro atoms. The Morgan fingerprint density at radius 3 is 2.24 bits per heavy atom. The van der Waals surface area contributed by atoms with E-state index < -0.39 is 0 Å². The molecule has 0 aromatic heterocycles. The zero-order chi connectivity index (χ0) is 15.4. The summed E-state index contributed by atoms with van der Waals surface area (Å²) in [6.45, 7) is 8.56. The Kier molecular flexibility index (Phi) is 4.63. The van der Waals surface area contributed by atoms with E-state index in [1.807, 2.05) is 18.2 Å². The van der Waals surface area contributed by atoms with Crippen LogP contribution in [0.4, 0.5) is 11.4 Å². The molecule has 110 valence electrons. The van der Waals surface area contributed by atoms with Crippen molar-refractivity contribution >= 4 is 17.3 Å². The third-order valence-electron chi connectivity index (χ3n) is 3.66. The summed E-state index contributed by atoms with van der Waals surface area (Å²) in [5.41, 5.74) is 6.92. The van der Waals surface area contributed by atoms with Crippen LogP contribution in [-0.2, 0) is 11.3 Å². The van der Waals surface area contributed by atoms with Crippen molar-refractivity contribution < 1.29 is 4.79 Å². The normalized spacial score (nSPS) is 10.3. The van der Waals surface area contributed by atoms with Crippen LogP contribution in [0.3, 0.4) is 0 Å². The molecule has 0 bridgehead atoms. The molecule has 3 nitrogen and oxygen atoms in total. The number of aryl methyl sites for hydroxylation is 3. The van der Waals surface area contributed by atoms with Gasteiger partial charge in [0.1, 0.15) is 0 Å². The summed E-state index contributed by atoms with van der Waals surface area (Å²) in [5.74, 6) is -0.0491. The summed E-state index contributed by atoms with van der Waals surface area (Å²) >= 11 is 0. The fourth-order valence-corrected chi connectivity index (χ4v) is 2.19. The number of amides is 1. The number of anilines is 2. The van der Waals surface area contributed by atoms with Crippen LogP contribution in [0.2, 0.25) is 0 Å². The van der Waals surface area contributed by atoms with Gasteiger partial charge in [0.05, 0.1) is 0 Å². The Hall–Kier alpha value is -2.29. The van der Waals surface area contributed by atoms with Crippen LogP contribution in [0, 0.1) is 20.8 Å². The predicted octanol–water partition coefficient (Wildman–Crippen LogP) is 4.18. The largest absolute Gasteiger partial charge is 0.381 e. The van der Waals surface area contributed by atoms with Gasteiger partial charge >= 0.3 is 0 Å². The number of carbonyl (C=O) groups is 1. The molecule has 0 saturated carbocycles. The van der Waals surface area contributed by atoms with Gasteiger partial charge in [-0.15, -0.1) is 0 Å². The lowest BCUT2D eigenvalue weighted by Crippen LogP contribution is -2.07. The number of carbonyl (C=O) groups excluding carboxylic acids is 1. The molecule has 0 aliphatic carbocycles. The molecule has 0 saturated heterocycles. The summed E-state index contributed by atoms with van der Waals surface area (Å²) in [6, 6.07) is 12.3. The lowest BCUT2D eigenvalue weighted by atomic mass is 10.1. The fourth-order valence-electron chi connectivity index (χ4n) is 2.19. The van der Waals surface area contributed by atoms with E-state index in [1.54, 1.807) is 0 Å². The topological polar surface area (TPSA) is 41.1 Å². The fraction of sp³-hybridized carbons (Fsp3) is 0.278. The highest BCUT2D eigenvalue weighted by Gasteiger charge is 2.03. The molecule has 0 aliphatic heterocycles. The van der Waals surface area contributed by atoms with Gasteiger partial charge in [-0.05, 0) is 67.3 Å². The van der Waals surface area contributed by atoms with E-state index in [4.69, 9.17) is 0 Å². The average Bonchev–Trinajstić information content (AvgIpc) is 2.42. The molecule has 21 heavy (non-hydrogen) atoms. The van der Waals surface area contributed by atoms with Crippen LogP contribution >= 0.6 is 0 Å². The van der Waals surface area contributed by atoms with Crippen LogP contribution in [0.5, 0.6) is 0 Å². The molecule has 3 heteroatoms. The molecule has 0 atom stereocenters. The maximum atomic E-state index is 11.1. The van der Waals surface area contributed by atoms with E-state index in [-0.39, 0.29) is 5.91 Å². The third kappa shape index (κ3) is 4.09. The van der Waals surface area contributed by atoms with E-state index in [0.717, 1.165) is 17.9 Å². The highest BCUT2D eigenvalue weighted by atomic mass is 16.1. The molecular weight excluding hydrogens is 260 g/mol. The lowest BCUT2D eigenvalue weighted by Gasteiger charge is -2.12. The van der Waals surface area contributed by atoms with Crippen LogP contribution in [0.1, 0.15) is 29.2 Å². The monoisotopic (exact) mass is 282 g/mol. The van der Waals surface area contributed by atoms with Gasteiger partial charge in [-0.25, -0.2) is 0 Å². The maximum Gasteiger partial charge on any atom is 0.221 e. The minimum Gasteiger partial charge on any atom is -0.381 e. The van der Waals surface area contributed by atoms with Crippen molar-refractivity contribution in [2.24, 2.45) is 0 Å². The number of hydrogen-bond donors (Lipinski definition) is 2. The molecular formula is C18H22N2O. The van der Waals surface area contributed by atoms with E-state index in [9.17, 15) is 4.79 Å². The predicted molar refractivity (Wildman–Crippen MR) is 88.7 cm³/mol. The van der Waals surface area contributed by atoms with Crippen LogP contribution in [0.15, 0.2) is 36.4 Å². The van der Waals surface area contributed by atoms with Crippen LogP contribution in [0.25, 0.3) is 0 Å². The Balaban J connectivity index is 2.11. The number of nitrogens with one attached hydrogen (secondary N) is 2. The number of rotatable bonds is 4. The van der Waals surface area contributed by atoms with Gasteiger partial charge in [0.2, 0.25) is 5.91 Å². The lowest BCUT2D eigenvalue weighted by molar-refractivity contribution is -0.114. The molecule has 2 rings (SSSR count). The van der Waals surface area contributed by atoms with Gasteiger partial charge in [-0.2, -0.15) is 0 Å². The first-order chi connectivity index (χ1) is 9.95. The minimum atomic E-state index is -0.0491. The van der Waals surface area contributed by atoms with Gasteiger partial charge < -0.3 is 10.6 Å². The Bertz CT molecular complexity index is 662. The molecule has 2 N–H and O–H groups in total. The van der Waals surface area contributed by atoms with Crippen molar-refractivity contribution in [2.75, 3.05) is 10.6 Å². The molecule has 0 heterocycles. The van der Waals surface area contributed by atoms with Gasteiger partial charge in [-0.1, -0.05) is 12.1 Å². The van der Waals surface area contributed by atoms with Crippen LogP contribution < -0.4 is 10.6 Å². The number of benzene rings is 2. The smallest absolute Gasteiger partial charge is 0.221 e. The van der Waals surface area contributed by atoms with Gasteiger partial charge in [0.25, 0.3) is 0 Å². The second-order valence-electron chi connectivity index (χ2n) is 5.48. The molecule has 1 amide bonds. The molecule has 0 fully saturated rings. The zero-order valence-electron chi connectivity index (χ0n) is 13.1. The van der Waals surface area contributed by atoms with E-state index in [2.05, 4.69) is 49.6 Å². The first-order valence-electron chi connectivity index (χ1n) is 7.14. The maximum absolute atomic E-state index is 11.1. The second-order valence-corrected chi connectivity index (χ2v) is 5.48. The number of hydrogen-bond acceptors (Lipinski definition) is 2. The summed E-state index contributed by atoms with van der Waals surface area (Å²) in [5, 5.41) is 6.26.